The molecule has 1 aliphatic heterocycles. The van der Waals surface area contributed by atoms with Crippen LogP contribution in [0.4, 0.5) is 5.82 Å². The summed E-state index contributed by atoms with van der Waals surface area (Å²) < 4.78 is 5.25. The topological polar surface area (TPSA) is 65.0 Å². The molecule has 1 atom stereocenters. The number of rotatable bonds is 9. The summed E-state index contributed by atoms with van der Waals surface area (Å²) >= 11 is 0. The van der Waals surface area contributed by atoms with Crippen molar-refractivity contribution in [3.05, 3.63) is 53.7 Å². The predicted octanol–water partition coefficient (Wildman–Crippen LogP) is 3.71. The van der Waals surface area contributed by atoms with Gasteiger partial charge in [0.25, 0.3) is 0 Å². The van der Waals surface area contributed by atoms with Crippen molar-refractivity contribution in [3.63, 3.8) is 0 Å². The van der Waals surface area contributed by atoms with Gasteiger partial charge in [0.15, 0.2) is 5.96 Å². The average molecular weight is 567 g/mol. The molecule has 1 aromatic heterocycles. The molecule has 2 heterocycles. The predicted molar refractivity (Wildman–Crippen MR) is 148 cm³/mol. The van der Waals surface area contributed by atoms with Crippen molar-refractivity contribution in [2.45, 2.75) is 32.7 Å². The molecule has 1 unspecified atom stereocenters. The highest BCUT2D eigenvalue weighted by Gasteiger charge is 2.16. The molecule has 0 radical (unpaired) electrons. The van der Waals surface area contributed by atoms with Gasteiger partial charge in [-0.15, -0.1) is 24.0 Å². The quantitative estimate of drug-likeness (QED) is 0.274. The molecular formula is C25H39IN6O. The molecule has 182 valence electrons. The second-order valence-corrected chi connectivity index (χ2v) is 8.26. The molecule has 2 N–H and O–H groups in total. The van der Waals surface area contributed by atoms with Crippen LogP contribution in [0.3, 0.4) is 0 Å². The first-order valence-corrected chi connectivity index (χ1v) is 11.6. The minimum Gasteiger partial charge on any atom is -0.497 e. The third kappa shape index (κ3) is 8.33. The van der Waals surface area contributed by atoms with E-state index in [0.717, 1.165) is 69.8 Å². The van der Waals surface area contributed by atoms with Gasteiger partial charge in [-0.2, -0.15) is 0 Å². The van der Waals surface area contributed by atoms with Gasteiger partial charge in [-0.1, -0.05) is 26.0 Å². The van der Waals surface area contributed by atoms with Crippen LogP contribution in [-0.4, -0.2) is 69.3 Å². The summed E-state index contributed by atoms with van der Waals surface area (Å²) in [4.78, 5) is 13.8. The number of nitrogens with one attached hydrogen (secondary N) is 2. The van der Waals surface area contributed by atoms with Crippen LogP contribution in [0.1, 0.15) is 37.3 Å². The van der Waals surface area contributed by atoms with E-state index in [9.17, 15) is 0 Å². The van der Waals surface area contributed by atoms with E-state index in [2.05, 4.69) is 68.5 Å². The standard InChI is InChI=1S/C25H38N6O.HI/c1-5-30-14-16-31(17-15-30)24-18-21(11-13-27-24)19-29-25(26-3)28-12-10-20(2)22-6-8-23(32-4)9-7-22;/h6-9,11,13,18,20H,5,10,12,14-17,19H2,1-4H3,(H2,26,28,29);1H. The lowest BCUT2D eigenvalue weighted by Crippen LogP contribution is -2.46. The molecule has 7 nitrogen and oxygen atoms in total. The summed E-state index contributed by atoms with van der Waals surface area (Å²) in [6.45, 7) is 11.4. The summed E-state index contributed by atoms with van der Waals surface area (Å²) in [5.74, 6) is 3.24. The number of nitrogens with zero attached hydrogens (tertiary/aromatic N) is 4. The molecule has 8 heteroatoms. The van der Waals surface area contributed by atoms with Gasteiger partial charge in [-0.3, -0.25) is 4.99 Å². The number of anilines is 1. The van der Waals surface area contributed by atoms with Crippen molar-refractivity contribution in [2.75, 3.05) is 58.3 Å². The number of halogens is 1. The van der Waals surface area contributed by atoms with E-state index in [0.29, 0.717) is 5.92 Å². The fraction of sp³-hybridized carbons (Fsp3) is 0.520. The number of benzene rings is 1. The number of hydrogen-bond donors (Lipinski definition) is 2. The molecule has 1 aromatic carbocycles. The van der Waals surface area contributed by atoms with Crippen molar-refractivity contribution in [2.24, 2.45) is 4.99 Å². The lowest BCUT2D eigenvalue weighted by Gasteiger charge is -2.34. The van der Waals surface area contributed by atoms with Crippen molar-refractivity contribution in [3.8, 4) is 5.75 Å². The van der Waals surface area contributed by atoms with Crippen molar-refractivity contribution in [1.82, 2.24) is 20.5 Å². The highest BCUT2D eigenvalue weighted by Crippen LogP contribution is 2.21. The smallest absolute Gasteiger partial charge is 0.191 e. The van der Waals surface area contributed by atoms with Gasteiger partial charge < -0.3 is 25.2 Å². The molecule has 1 saturated heterocycles. The zero-order valence-corrected chi connectivity index (χ0v) is 22.7. The van der Waals surface area contributed by atoms with Gasteiger partial charge in [0, 0.05) is 52.5 Å². The third-order valence-electron chi connectivity index (χ3n) is 6.19. The number of ether oxygens (including phenoxy) is 1. The number of aromatic nitrogens is 1. The molecule has 2 aromatic rings. The summed E-state index contributed by atoms with van der Waals surface area (Å²) in [7, 11) is 3.51. The fourth-order valence-electron chi connectivity index (χ4n) is 3.95. The Morgan fingerprint density at radius 3 is 2.48 bits per heavy atom. The van der Waals surface area contributed by atoms with Gasteiger partial charge in [-0.05, 0) is 54.3 Å². The Morgan fingerprint density at radius 1 is 1.12 bits per heavy atom. The van der Waals surface area contributed by atoms with Gasteiger partial charge in [-0.25, -0.2) is 4.98 Å². The molecule has 0 amide bonds. The highest BCUT2D eigenvalue weighted by molar-refractivity contribution is 14.0. The van der Waals surface area contributed by atoms with Gasteiger partial charge in [0.05, 0.1) is 7.11 Å². The molecule has 0 spiro atoms. The SMILES string of the molecule is CCN1CCN(c2cc(CNC(=NC)NCCC(C)c3ccc(OC)cc3)ccn2)CC1.I. The zero-order chi connectivity index (χ0) is 22.8. The normalized spacial score (nSPS) is 15.5. The third-order valence-corrected chi connectivity index (χ3v) is 6.19. The summed E-state index contributed by atoms with van der Waals surface area (Å²) in [5, 5.41) is 6.86. The minimum absolute atomic E-state index is 0. The largest absolute Gasteiger partial charge is 0.497 e. The number of pyridine rings is 1. The van der Waals surface area contributed by atoms with Crippen LogP contribution < -0.4 is 20.3 Å². The molecule has 1 fully saturated rings. The van der Waals surface area contributed by atoms with E-state index in [1.54, 1.807) is 7.11 Å². The van der Waals surface area contributed by atoms with E-state index in [-0.39, 0.29) is 24.0 Å². The maximum atomic E-state index is 5.25. The summed E-state index contributed by atoms with van der Waals surface area (Å²) in [6.07, 6.45) is 2.93. The van der Waals surface area contributed by atoms with Crippen molar-refractivity contribution in [1.29, 1.82) is 0 Å². The Hall–Kier alpha value is -2.07. The monoisotopic (exact) mass is 566 g/mol. The van der Waals surface area contributed by atoms with Gasteiger partial charge in [0.1, 0.15) is 11.6 Å². The number of methoxy groups -OCH3 is 1. The Morgan fingerprint density at radius 2 is 1.85 bits per heavy atom. The molecule has 3 rings (SSSR count). The van der Waals surface area contributed by atoms with Crippen molar-refractivity contribution >= 4 is 35.8 Å². The number of guanidine groups is 1. The average Bonchev–Trinajstić information content (AvgIpc) is 2.86. The number of aliphatic imine (C=N–C) groups is 1. The Kier molecular flexibility index (Phi) is 11.7. The second kappa shape index (κ2) is 14.2. The zero-order valence-electron chi connectivity index (χ0n) is 20.4. The van der Waals surface area contributed by atoms with Crippen LogP contribution in [-0.2, 0) is 6.54 Å². The molecule has 0 aliphatic carbocycles. The molecule has 0 saturated carbocycles. The lowest BCUT2D eigenvalue weighted by molar-refractivity contribution is 0.270. The summed E-state index contributed by atoms with van der Waals surface area (Å²) in [5.41, 5.74) is 2.53. The first kappa shape index (κ1) is 27.2. The molecular weight excluding hydrogens is 527 g/mol. The maximum Gasteiger partial charge on any atom is 0.191 e. The first-order chi connectivity index (χ1) is 15.6. The van der Waals surface area contributed by atoms with Crippen LogP contribution in [0.25, 0.3) is 0 Å². The van der Waals surface area contributed by atoms with E-state index < -0.39 is 0 Å². The van der Waals surface area contributed by atoms with Gasteiger partial charge >= 0.3 is 0 Å². The first-order valence-electron chi connectivity index (χ1n) is 11.6. The Labute approximate surface area is 216 Å². The number of piperazine rings is 1. The van der Waals surface area contributed by atoms with E-state index in [1.807, 2.05) is 25.4 Å². The van der Waals surface area contributed by atoms with E-state index in [1.165, 1.54) is 11.1 Å². The number of hydrogen-bond acceptors (Lipinski definition) is 5. The van der Waals surface area contributed by atoms with E-state index >= 15 is 0 Å². The molecule has 1 aliphatic rings. The fourth-order valence-corrected chi connectivity index (χ4v) is 3.95. The van der Waals surface area contributed by atoms with E-state index in [4.69, 9.17) is 4.74 Å². The molecule has 33 heavy (non-hydrogen) atoms. The second-order valence-electron chi connectivity index (χ2n) is 8.26. The Balaban J connectivity index is 0.00000385. The van der Waals surface area contributed by atoms with Gasteiger partial charge in [0.2, 0.25) is 0 Å². The maximum absolute atomic E-state index is 5.25. The Bertz CT molecular complexity index is 852. The lowest BCUT2D eigenvalue weighted by atomic mass is 9.98. The van der Waals surface area contributed by atoms with Crippen LogP contribution in [0.5, 0.6) is 5.75 Å². The summed E-state index contributed by atoms with van der Waals surface area (Å²) in [6, 6.07) is 12.6. The highest BCUT2D eigenvalue weighted by atomic mass is 127. The number of likely N-dealkylation sites (N-methyl/N-ethyl adjacent to an activating group) is 1. The molecule has 0 bridgehead atoms. The minimum atomic E-state index is 0. The van der Waals surface area contributed by atoms with Crippen molar-refractivity contribution < 1.29 is 4.74 Å². The van der Waals surface area contributed by atoms with Crippen LogP contribution >= 0.6 is 24.0 Å². The van der Waals surface area contributed by atoms with Crippen LogP contribution in [0.15, 0.2) is 47.6 Å². The van der Waals surface area contributed by atoms with Crippen LogP contribution in [0, 0.1) is 0 Å². The van der Waals surface area contributed by atoms with Crippen LogP contribution in [0.2, 0.25) is 0 Å².